The number of aliphatic carboxylic acids is 1. The number of carbonyl (C=O) groups is 2. The number of methoxy groups -OCH3 is 1. The summed E-state index contributed by atoms with van der Waals surface area (Å²) >= 11 is 0. The summed E-state index contributed by atoms with van der Waals surface area (Å²) in [6.45, 7) is -0.229. The average molecular weight is 383 g/mol. The fraction of sp³-hybridized carbons (Fsp3) is 0.294. The zero-order valence-electron chi connectivity index (χ0n) is 14.2. The van der Waals surface area contributed by atoms with Crippen molar-refractivity contribution in [3.8, 4) is 5.75 Å². The van der Waals surface area contributed by atoms with Crippen molar-refractivity contribution in [3.63, 3.8) is 0 Å². The Kier molecular flexibility index (Phi) is 6.32. The molecule has 2 aromatic rings. The Morgan fingerprint density at radius 2 is 1.85 bits per heavy atom. The highest BCUT2D eigenvalue weighted by atomic mass is 19.4. The summed E-state index contributed by atoms with van der Waals surface area (Å²) in [5, 5.41) is 11.7. The van der Waals surface area contributed by atoms with Gasteiger partial charge < -0.3 is 15.2 Å². The third-order valence-corrected chi connectivity index (χ3v) is 3.68. The summed E-state index contributed by atoms with van der Waals surface area (Å²) in [6, 6.07) is 6.87. The van der Waals surface area contributed by atoms with E-state index >= 15 is 0 Å². The van der Waals surface area contributed by atoms with Crippen LogP contribution in [0.2, 0.25) is 0 Å². The van der Waals surface area contributed by atoms with Crippen LogP contribution in [0.3, 0.4) is 0 Å². The maximum atomic E-state index is 12.4. The van der Waals surface area contributed by atoms with Gasteiger partial charge in [0.15, 0.2) is 0 Å². The van der Waals surface area contributed by atoms with E-state index in [1.165, 1.54) is 7.11 Å². The minimum Gasteiger partial charge on any atom is -0.496 e. The molecule has 0 aliphatic heterocycles. The molecule has 0 radical (unpaired) electrons. The van der Waals surface area contributed by atoms with Gasteiger partial charge in [0, 0.05) is 18.9 Å². The highest BCUT2D eigenvalue weighted by molar-refractivity contribution is 5.93. The molecule has 1 aromatic heterocycles. The predicted octanol–water partition coefficient (Wildman–Crippen LogP) is 2.18. The molecule has 2 rings (SSSR count). The van der Waals surface area contributed by atoms with Gasteiger partial charge in [0.25, 0.3) is 5.91 Å². The number of nitrogens with zero attached hydrogens (tertiary/aromatic N) is 2. The van der Waals surface area contributed by atoms with Crippen LogP contribution in [0.15, 0.2) is 36.7 Å². The van der Waals surface area contributed by atoms with E-state index in [2.05, 4.69) is 15.3 Å². The Labute approximate surface area is 152 Å². The molecule has 0 aliphatic carbocycles. The standard InChI is InChI=1S/C17H16F3N3O4/c1-27-13-5-3-2-4-10(13)6-11(15(25)26)7-21-14(24)12-8-22-16(23-9-12)17(18,19)20/h2-5,8-9,11H,6-7H2,1H3,(H,21,24)(H,25,26). The van der Waals surface area contributed by atoms with Crippen molar-refractivity contribution in [2.24, 2.45) is 5.92 Å². The normalized spacial score (nSPS) is 12.3. The molecule has 0 fully saturated rings. The lowest BCUT2D eigenvalue weighted by Gasteiger charge is -2.15. The van der Waals surface area contributed by atoms with Gasteiger partial charge in [-0.2, -0.15) is 13.2 Å². The van der Waals surface area contributed by atoms with E-state index in [-0.39, 0.29) is 18.5 Å². The number of carboxylic acids is 1. The number of aromatic nitrogens is 2. The predicted molar refractivity (Wildman–Crippen MR) is 87.2 cm³/mol. The molecule has 0 aliphatic rings. The van der Waals surface area contributed by atoms with Gasteiger partial charge in [-0.25, -0.2) is 9.97 Å². The lowest BCUT2D eigenvalue weighted by molar-refractivity contribution is -0.145. The fourth-order valence-electron chi connectivity index (χ4n) is 2.29. The van der Waals surface area contributed by atoms with Crippen LogP contribution in [0.25, 0.3) is 0 Å². The molecule has 0 saturated heterocycles. The second kappa shape index (κ2) is 8.47. The van der Waals surface area contributed by atoms with Crippen LogP contribution in [-0.4, -0.2) is 40.6 Å². The number of carbonyl (C=O) groups excluding carboxylic acids is 1. The molecule has 0 saturated carbocycles. The van der Waals surface area contributed by atoms with Gasteiger partial charge in [-0.3, -0.25) is 9.59 Å². The van der Waals surface area contributed by atoms with Gasteiger partial charge in [-0.05, 0) is 18.1 Å². The quantitative estimate of drug-likeness (QED) is 0.760. The molecular weight excluding hydrogens is 367 g/mol. The molecule has 1 aromatic carbocycles. The molecule has 27 heavy (non-hydrogen) atoms. The number of nitrogens with one attached hydrogen (secondary N) is 1. The summed E-state index contributed by atoms with van der Waals surface area (Å²) < 4.78 is 42.5. The fourth-order valence-corrected chi connectivity index (χ4v) is 2.29. The number of para-hydroxylation sites is 1. The number of alkyl halides is 3. The van der Waals surface area contributed by atoms with Crippen LogP contribution in [0.1, 0.15) is 21.7 Å². The third kappa shape index (κ3) is 5.40. The van der Waals surface area contributed by atoms with E-state index in [4.69, 9.17) is 4.74 Å². The average Bonchev–Trinajstić information content (AvgIpc) is 2.64. The number of ether oxygens (including phenoxy) is 1. The van der Waals surface area contributed by atoms with E-state index in [1.54, 1.807) is 24.3 Å². The number of rotatable bonds is 7. The number of carboxylic acid groups (broad SMARTS) is 1. The number of hydrogen-bond acceptors (Lipinski definition) is 5. The second-order valence-corrected chi connectivity index (χ2v) is 5.55. The number of benzene rings is 1. The first-order chi connectivity index (χ1) is 12.7. The van der Waals surface area contributed by atoms with Crippen molar-refractivity contribution in [2.45, 2.75) is 12.6 Å². The van der Waals surface area contributed by atoms with Crippen LogP contribution < -0.4 is 10.1 Å². The zero-order valence-corrected chi connectivity index (χ0v) is 14.2. The monoisotopic (exact) mass is 383 g/mol. The highest BCUT2D eigenvalue weighted by Crippen LogP contribution is 2.25. The van der Waals surface area contributed by atoms with E-state index in [0.29, 0.717) is 11.3 Å². The summed E-state index contributed by atoms with van der Waals surface area (Å²) in [6.07, 6.45) is -3.14. The minimum absolute atomic E-state index is 0.100. The largest absolute Gasteiger partial charge is 0.496 e. The molecule has 2 N–H and O–H groups in total. The lowest BCUT2D eigenvalue weighted by atomic mass is 9.98. The van der Waals surface area contributed by atoms with E-state index in [0.717, 1.165) is 12.4 Å². The molecule has 1 heterocycles. The topological polar surface area (TPSA) is 101 Å². The summed E-state index contributed by atoms with van der Waals surface area (Å²) in [5.41, 5.74) is 0.448. The van der Waals surface area contributed by atoms with Crippen molar-refractivity contribution in [1.29, 1.82) is 0 Å². The zero-order chi connectivity index (χ0) is 20.0. The Hall–Kier alpha value is -3.17. The summed E-state index contributed by atoms with van der Waals surface area (Å²) in [7, 11) is 1.46. The second-order valence-electron chi connectivity index (χ2n) is 5.55. The van der Waals surface area contributed by atoms with E-state index in [9.17, 15) is 27.9 Å². The van der Waals surface area contributed by atoms with Crippen LogP contribution >= 0.6 is 0 Å². The van der Waals surface area contributed by atoms with E-state index < -0.39 is 29.8 Å². The van der Waals surface area contributed by atoms with Gasteiger partial charge >= 0.3 is 12.1 Å². The first-order valence-corrected chi connectivity index (χ1v) is 7.74. The molecule has 1 atom stereocenters. The Balaban J connectivity index is 2.03. The van der Waals surface area contributed by atoms with Gasteiger partial charge in [0.05, 0.1) is 18.6 Å². The van der Waals surface area contributed by atoms with Crippen LogP contribution in [0.4, 0.5) is 13.2 Å². The Morgan fingerprint density at radius 1 is 1.22 bits per heavy atom. The van der Waals surface area contributed by atoms with Crippen LogP contribution in [0, 0.1) is 5.92 Å². The third-order valence-electron chi connectivity index (χ3n) is 3.68. The molecule has 1 unspecified atom stereocenters. The molecule has 7 nitrogen and oxygen atoms in total. The number of hydrogen-bond donors (Lipinski definition) is 2. The maximum absolute atomic E-state index is 12.4. The van der Waals surface area contributed by atoms with Crippen LogP contribution in [-0.2, 0) is 17.4 Å². The van der Waals surface area contributed by atoms with Crippen LogP contribution in [0.5, 0.6) is 5.75 Å². The molecular formula is C17H16F3N3O4. The minimum atomic E-state index is -4.71. The maximum Gasteiger partial charge on any atom is 0.451 e. The molecule has 1 amide bonds. The molecule has 10 heteroatoms. The van der Waals surface area contributed by atoms with Gasteiger partial charge in [0.1, 0.15) is 5.75 Å². The Morgan fingerprint density at radius 3 is 2.41 bits per heavy atom. The first-order valence-electron chi connectivity index (χ1n) is 7.74. The smallest absolute Gasteiger partial charge is 0.451 e. The van der Waals surface area contributed by atoms with Crippen molar-refractivity contribution in [3.05, 3.63) is 53.6 Å². The van der Waals surface area contributed by atoms with E-state index in [1.807, 2.05) is 0 Å². The molecule has 0 bridgehead atoms. The van der Waals surface area contributed by atoms with Gasteiger partial charge in [0.2, 0.25) is 5.82 Å². The van der Waals surface area contributed by atoms with Gasteiger partial charge in [-0.1, -0.05) is 18.2 Å². The lowest BCUT2D eigenvalue weighted by Crippen LogP contribution is -2.34. The highest BCUT2D eigenvalue weighted by Gasteiger charge is 2.34. The summed E-state index contributed by atoms with van der Waals surface area (Å²) in [5.74, 6) is -3.70. The number of amides is 1. The van der Waals surface area contributed by atoms with Gasteiger partial charge in [-0.15, -0.1) is 0 Å². The van der Waals surface area contributed by atoms with Crippen molar-refractivity contribution < 1.29 is 32.6 Å². The number of halogens is 3. The first kappa shape index (κ1) is 20.1. The van der Waals surface area contributed by atoms with Crippen molar-refractivity contribution in [1.82, 2.24) is 15.3 Å². The molecule has 0 spiro atoms. The Bertz CT molecular complexity index is 810. The SMILES string of the molecule is COc1ccccc1CC(CNC(=O)c1cnc(C(F)(F)F)nc1)C(=O)O. The molecule has 144 valence electrons. The summed E-state index contributed by atoms with van der Waals surface area (Å²) in [4.78, 5) is 29.7. The van der Waals surface area contributed by atoms with Crippen molar-refractivity contribution >= 4 is 11.9 Å². The van der Waals surface area contributed by atoms with Crippen molar-refractivity contribution in [2.75, 3.05) is 13.7 Å².